The fourth-order valence-electron chi connectivity index (χ4n) is 1.77. The van der Waals surface area contributed by atoms with Crippen molar-refractivity contribution in [3.63, 3.8) is 0 Å². The molecule has 4 nitrogen and oxygen atoms in total. The lowest BCUT2D eigenvalue weighted by Gasteiger charge is -2.12. The Morgan fingerprint density at radius 3 is 2.43 bits per heavy atom. The van der Waals surface area contributed by atoms with Crippen molar-refractivity contribution in [3.8, 4) is 0 Å². The summed E-state index contributed by atoms with van der Waals surface area (Å²) in [4.78, 5) is 23.8. The topological polar surface area (TPSA) is 72.2 Å². The Labute approximate surface area is 142 Å². The molecule has 0 aliphatic rings. The van der Waals surface area contributed by atoms with Gasteiger partial charge in [-0.1, -0.05) is 11.6 Å². The normalized spacial score (nSPS) is 11.8. The van der Waals surface area contributed by atoms with Crippen molar-refractivity contribution in [2.45, 2.75) is 17.1 Å². The predicted octanol–water partition coefficient (Wildman–Crippen LogP) is 3.70. The van der Waals surface area contributed by atoms with Crippen LogP contribution >= 0.6 is 23.4 Å². The van der Waals surface area contributed by atoms with Gasteiger partial charge in [0.05, 0.1) is 10.3 Å². The molecule has 1 atom stereocenters. The molecular weight excluding hydrogens is 339 g/mol. The summed E-state index contributed by atoms with van der Waals surface area (Å²) in [5.74, 6) is -1.25. The first-order chi connectivity index (χ1) is 10.9. The van der Waals surface area contributed by atoms with Crippen molar-refractivity contribution in [1.82, 2.24) is 0 Å². The Morgan fingerprint density at radius 1 is 1.22 bits per heavy atom. The number of carbonyl (C=O) groups is 2. The van der Waals surface area contributed by atoms with Crippen molar-refractivity contribution in [3.05, 3.63) is 58.9 Å². The van der Waals surface area contributed by atoms with Crippen LogP contribution in [0.4, 0.5) is 10.1 Å². The summed E-state index contributed by atoms with van der Waals surface area (Å²) in [7, 11) is 0. The SMILES string of the molecule is C[C@H](Sc1ccc(F)c(Cl)c1)C(=O)Nc1ccc(C(N)=O)cc1. The van der Waals surface area contributed by atoms with Crippen LogP contribution in [-0.4, -0.2) is 17.1 Å². The Morgan fingerprint density at radius 2 is 1.87 bits per heavy atom. The van der Waals surface area contributed by atoms with Crippen molar-refractivity contribution in [1.29, 1.82) is 0 Å². The lowest BCUT2D eigenvalue weighted by atomic mass is 10.2. The second-order valence-corrected chi connectivity index (χ2v) is 6.59. The fourth-order valence-corrected chi connectivity index (χ4v) is 2.92. The van der Waals surface area contributed by atoms with E-state index in [1.807, 2.05) is 0 Å². The zero-order valence-electron chi connectivity index (χ0n) is 12.2. The first-order valence-electron chi connectivity index (χ1n) is 6.69. The van der Waals surface area contributed by atoms with E-state index in [-0.39, 0.29) is 10.9 Å². The number of nitrogens with two attached hydrogens (primary N) is 1. The van der Waals surface area contributed by atoms with Gasteiger partial charge in [-0.25, -0.2) is 4.39 Å². The molecule has 2 aromatic rings. The Hall–Kier alpha value is -2.05. The zero-order valence-corrected chi connectivity index (χ0v) is 13.7. The number of primary amides is 1. The van der Waals surface area contributed by atoms with Gasteiger partial charge in [-0.05, 0) is 49.4 Å². The summed E-state index contributed by atoms with van der Waals surface area (Å²) in [5, 5.41) is 2.34. The van der Waals surface area contributed by atoms with Crippen LogP contribution in [0.25, 0.3) is 0 Å². The third-order valence-electron chi connectivity index (χ3n) is 3.01. The minimum Gasteiger partial charge on any atom is -0.366 e. The van der Waals surface area contributed by atoms with E-state index >= 15 is 0 Å². The number of hydrogen-bond acceptors (Lipinski definition) is 3. The molecule has 120 valence electrons. The van der Waals surface area contributed by atoms with Crippen LogP contribution in [0.15, 0.2) is 47.4 Å². The predicted molar refractivity (Wildman–Crippen MR) is 90.3 cm³/mol. The van der Waals surface area contributed by atoms with Gasteiger partial charge < -0.3 is 11.1 Å². The van der Waals surface area contributed by atoms with Crippen LogP contribution in [0, 0.1) is 5.82 Å². The monoisotopic (exact) mass is 352 g/mol. The smallest absolute Gasteiger partial charge is 0.248 e. The highest BCUT2D eigenvalue weighted by Gasteiger charge is 2.15. The summed E-state index contributed by atoms with van der Waals surface area (Å²) < 4.78 is 13.1. The molecule has 2 amide bonds. The second-order valence-electron chi connectivity index (χ2n) is 4.77. The number of halogens is 2. The van der Waals surface area contributed by atoms with E-state index in [0.29, 0.717) is 16.1 Å². The molecule has 0 spiro atoms. The van der Waals surface area contributed by atoms with Gasteiger partial charge in [-0.2, -0.15) is 0 Å². The Bertz CT molecular complexity index is 737. The van der Waals surface area contributed by atoms with Crippen LogP contribution in [0.5, 0.6) is 0 Å². The highest BCUT2D eigenvalue weighted by molar-refractivity contribution is 8.00. The summed E-state index contributed by atoms with van der Waals surface area (Å²) in [6, 6.07) is 10.6. The molecule has 0 unspecified atom stereocenters. The molecule has 0 radical (unpaired) electrons. The Kier molecular flexibility index (Phi) is 5.63. The van der Waals surface area contributed by atoms with Crippen LogP contribution in [0.3, 0.4) is 0 Å². The Balaban J connectivity index is 1.99. The quantitative estimate of drug-likeness (QED) is 0.806. The van der Waals surface area contributed by atoms with Gasteiger partial charge in [-0.3, -0.25) is 9.59 Å². The van der Waals surface area contributed by atoms with Gasteiger partial charge >= 0.3 is 0 Å². The maximum atomic E-state index is 13.1. The number of nitrogens with one attached hydrogen (secondary N) is 1. The molecule has 0 aliphatic heterocycles. The maximum absolute atomic E-state index is 13.1. The minimum absolute atomic E-state index is 0.0182. The van der Waals surface area contributed by atoms with Gasteiger partial charge in [0, 0.05) is 16.1 Å². The van der Waals surface area contributed by atoms with E-state index in [1.165, 1.54) is 36.0 Å². The van der Waals surface area contributed by atoms with Gasteiger partial charge in [0.2, 0.25) is 11.8 Å². The third kappa shape index (κ3) is 4.71. The number of rotatable bonds is 5. The van der Waals surface area contributed by atoms with E-state index in [9.17, 15) is 14.0 Å². The average molecular weight is 353 g/mol. The molecule has 0 bridgehead atoms. The number of amides is 2. The van der Waals surface area contributed by atoms with Crippen LogP contribution in [-0.2, 0) is 4.79 Å². The summed E-state index contributed by atoms with van der Waals surface area (Å²) in [6.45, 7) is 1.73. The first kappa shape index (κ1) is 17.3. The van der Waals surface area contributed by atoms with Crippen LogP contribution < -0.4 is 11.1 Å². The molecule has 2 aromatic carbocycles. The number of benzene rings is 2. The minimum atomic E-state index is -0.528. The summed E-state index contributed by atoms with van der Waals surface area (Å²) in [5.41, 5.74) is 6.08. The van der Waals surface area contributed by atoms with Crippen molar-refractivity contribution >= 4 is 40.9 Å². The van der Waals surface area contributed by atoms with Gasteiger partial charge in [-0.15, -0.1) is 11.8 Å². The van der Waals surface area contributed by atoms with Crippen LogP contribution in [0.1, 0.15) is 17.3 Å². The van der Waals surface area contributed by atoms with E-state index in [2.05, 4.69) is 5.32 Å². The number of anilines is 1. The molecule has 0 saturated heterocycles. The van der Waals surface area contributed by atoms with Gasteiger partial charge in [0.15, 0.2) is 0 Å². The summed E-state index contributed by atoms with van der Waals surface area (Å²) >= 11 is 6.98. The standard InChI is InChI=1S/C16H14ClFN2O2S/c1-9(23-12-6-7-14(18)13(17)8-12)16(22)20-11-4-2-10(3-5-11)15(19)21/h2-9H,1H3,(H2,19,21)(H,20,22)/t9-/m0/s1. The molecule has 23 heavy (non-hydrogen) atoms. The molecular formula is C16H14ClFN2O2S. The van der Waals surface area contributed by atoms with E-state index in [1.54, 1.807) is 25.1 Å². The second kappa shape index (κ2) is 7.48. The van der Waals surface area contributed by atoms with Crippen molar-refractivity contribution in [2.24, 2.45) is 5.73 Å². The molecule has 0 heterocycles. The molecule has 2 rings (SSSR count). The van der Waals surface area contributed by atoms with Crippen molar-refractivity contribution < 1.29 is 14.0 Å². The largest absolute Gasteiger partial charge is 0.366 e. The zero-order chi connectivity index (χ0) is 17.0. The van der Waals surface area contributed by atoms with Crippen molar-refractivity contribution in [2.75, 3.05) is 5.32 Å². The average Bonchev–Trinajstić information content (AvgIpc) is 2.51. The van der Waals surface area contributed by atoms with Gasteiger partial charge in [0.1, 0.15) is 5.82 Å². The number of hydrogen-bond donors (Lipinski definition) is 2. The fraction of sp³-hybridized carbons (Fsp3) is 0.125. The van der Waals surface area contributed by atoms with E-state index < -0.39 is 17.0 Å². The lowest BCUT2D eigenvalue weighted by molar-refractivity contribution is -0.115. The number of thioether (sulfide) groups is 1. The highest BCUT2D eigenvalue weighted by Crippen LogP contribution is 2.28. The van der Waals surface area contributed by atoms with E-state index in [0.717, 1.165) is 0 Å². The molecule has 0 saturated carbocycles. The lowest BCUT2D eigenvalue weighted by Crippen LogP contribution is -2.22. The molecule has 7 heteroatoms. The molecule has 0 aromatic heterocycles. The summed E-state index contributed by atoms with van der Waals surface area (Å²) in [6.07, 6.45) is 0. The molecule has 3 N–H and O–H groups in total. The van der Waals surface area contributed by atoms with Crippen LogP contribution in [0.2, 0.25) is 5.02 Å². The first-order valence-corrected chi connectivity index (χ1v) is 7.95. The third-order valence-corrected chi connectivity index (χ3v) is 4.39. The maximum Gasteiger partial charge on any atom is 0.248 e. The number of carbonyl (C=O) groups excluding carboxylic acids is 2. The highest BCUT2D eigenvalue weighted by atomic mass is 35.5. The van der Waals surface area contributed by atoms with E-state index in [4.69, 9.17) is 17.3 Å². The van der Waals surface area contributed by atoms with Gasteiger partial charge in [0.25, 0.3) is 0 Å². The molecule has 0 fully saturated rings. The molecule has 0 aliphatic carbocycles.